The van der Waals surface area contributed by atoms with E-state index in [4.69, 9.17) is 9.84 Å². The molecule has 2 unspecified atom stereocenters. The molecule has 2 atom stereocenters. The largest absolute Gasteiger partial charge is 0.480 e. The summed E-state index contributed by atoms with van der Waals surface area (Å²) in [6.45, 7) is 5.62. The molecule has 0 aromatic rings. The van der Waals surface area contributed by atoms with Gasteiger partial charge < -0.3 is 20.5 Å². The summed E-state index contributed by atoms with van der Waals surface area (Å²) in [6.07, 6.45) is 0. The van der Waals surface area contributed by atoms with Crippen LogP contribution in [0, 0.1) is 5.92 Å². The van der Waals surface area contributed by atoms with Crippen molar-refractivity contribution in [2.24, 2.45) is 5.92 Å². The Kier molecular flexibility index (Phi) is 6.48. The molecule has 0 aliphatic rings. The third-order valence-corrected chi connectivity index (χ3v) is 2.01. The van der Waals surface area contributed by atoms with Crippen LogP contribution in [0.3, 0.4) is 0 Å². The van der Waals surface area contributed by atoms with Crippen LogP contribution in [-0.4, -0.2) is 42.9 Å². The van der Waals surface area contributed by atoms with Crippen molar-refractivity contribution in [3.63, 3.8) is 0 Å². The van der Waals surface area contributed by atoms with E-state index in [1.54, 1.807) is 20.8 Å². The maximum absolute atomic E-state index is 11.4. The van der Waals surface area contributed by atoms with Gasteiger partial charge in [0, 0.05) is 7.11 Å². The van der Waals surface area contributed by atoms with Crippen molar-refractivity contribution in [2.45, 2.75) is 32.9 Å². The van der Waals surface area contributed by atoms with Crippen molar-refractivity contribution >= 4 is 12.0 Å². The highest BCUT2D eigenvalue weighted by molar-refractivity contribution is 5.82. The first-order chi connectivity index (χ1) is 7.38. The van der Waals surface area contributed by atoms with Crippen molar-refractivity contribution in [1.29, 1.82) is 0 Å². The predicted molar refractivity (Wildman–Crippen MR) is 59.3 cm³/mol. The van der Waals surface area contributed by atoms with E-state index in [9.17, 15) is 9.59 Å². The highest BCUT2D eigenvalue weighted by Gasteiger charge is 2.23. The number of ether oxygens (including phenoxy) is 1. The number of hydrogen-bond donors (Lipinski definition) is 3. The highest BCUT2D eigenvalue weighted by atomic mass is 16.5. The molecule has 2 amide bonds. The molecule has 0 radical (unpaired) electrons. The van der Waals surface area contributed by atoms with Crippen LogP contribution in [0.15, 0.2) is 0 Å². The molecule has 0 rings (SSSR count). The maximum atomic E-state index is 11.4. The van der Waals surface area contributed by atoms with Gasteiger partial charge in [0.25, 0.3) is 0 Å². The SMILES string of the molecule is COCC(C)NC(=O)NC(C(=O)O)C(C)C. The Morgan fingerprint density at radius 2 is 1.81 bits per heavy atom. The average molecular weight is 232 g/mol. The highest BCUT2D eigenvalue weighted by Crippen LogP contribution is 2.01. The molecule has 6 nitrogen and oxygen atoms in total. The summed E-state index contributed by atoms with van der Waals surface area (Å²) in [6, 6.07) is -1.54. The zero-order chi connectivity index (χ0) is 12.7. The van der Waals surface area contributed by atoms with E-state index in [2.05, 4.69) is 10.6 Å². The lowest BCUT2D eigenvalue weighted by atomic mass is 10.1. The van der Waals surface area contributed by atoms with E-state index in [0.717, 1.165) is 0 Å². The Labute approximate surface area is 95.4 Å². The summed E-state index contributed by atoms with van der Waals surface area (Å²) in [7, 11) is 1.53. The van der Waals surface area contributed by atoms with Gasteiger partial charge in [-0.25, -0.2) is 9.59 Å². The van der Waals surface area contributed by atoms with Crippen LogP contribution in [0.1, 0.15) is 20.8 Å². The Hall–Kier alpha value is -1.30. The summed E-state index contributed by atoms with van der Waals surface area (Å²) in [4.78, 5) is 22.2. The summed E-state index contributed by atoms with van der Waals surface area (Å²) >= 11 is 0. The standard InChI is InChI=1S/C10H20N2O4/c1-6(2)8(9(13)14)12-10(15)11-7(3)5-16-4/h6-8H,5H2,1-4H3,(H,13,14)(H2,11,12,15). The Morgan fingerprint density at radius 1 is 1.25 bits per heavy atom. The number of carbonyl (C=O) groups excluding carboxylic acids is 1. The van der Waals surface area contributed by atoms with Crippen LogP contribution in [0.2, 0.25) is 0 Å². The molecular formula is C10H20N2O4. The molecule has 0 spiro atoms. The second-order valence-electron chi connectivity index (χ2n) is 4.03. The van der Waals surface area contributed by atoms with Crippen molar-refractivity contribution in [2.75, 3.05) is 13.7 Å². The minimum Gasteiger partial charge on any atom is -0.480 e. The number of aliphatic carboxylic acids is 1. The molecule has 16 heavy (non-hydrogen) atoms. The summed E-state index contributed by atoms with van der Waals surface area (Å²) in [5.74, 6) is -1.20. The van der Waals surface area contributed by atoms with Gasteiger partial charge in [-0.3, -0.25) is 0 Å². The molecule has 0 saturated carbocycles. The van der Waals surface area contributed by atoms with Crippen molar-refractivity contribution in [3.8, 4) is 0 Å². The van der Waals surface area contributed by atoms with Crippen LogP contribution in [0.4, 0.5) is 4.79 Å². The number of carbonyl (C=O) groups is 2. The quantitative estimate of drug-likeness (QED) is 0.619. The van der Waals surface area contributed by atoms with Gasteiger partial charge in [0.15, 0.2) is 0 Å². The van der Waals surface area contributed by atoms with Crippen LogP contribution in [0.25, 0.3) is 0 Å². The lowest BCUT2D eigenvalue weighted by molar-refractivity contribution is -0.140. The number of carboxylic acid groups (broad SMARTS) is 1. The lowest BCUT2D eigenvalue weighted by Crippen LogP contribution is -2.51. The molecule has 0 heterocycles. The Morgan fingerprint density at radius 3 is 2.19 bits per heavy atom. The number of carboxylic acids is 1. The first-order valence-corrected chi connectivity index (χ1v) is 5.17. The molecule has 0 aromatic carbocycles. The topological polar surface area (TPSA) is 87.7 Å². The zero-order valence-electron chi connectivity index (χ0n) is 10.1. The number of amides is 2. The predicted octanol–water partition coefficient (Wildman–Crippen LogP) is 0.430. The molecule has 0 saturated heterocycles. The van der Waals surface area contributed by atoms with E-state index in [1.807, 2.05) is 0 Å². The Balaban J connectivity index is 4.15. The first-order valence-electron chi connectivity index (χ1n) is 5.17. The normalized spacial score (nSPS) is 14.3. The van der Waals surface area contributed by atoms with Crippen molar-refractivity contribution in [1.82, 2.24) is 10.6 Å². The van der Waals surface area contributed by atoms with Gasteiger partial charge in [-0.1, -0.05) is 13.8 Å². The fraction of sp³-hybridized carbons (Fsp3) is 0.800. The number of hydrogen-bond acceptors (Lipinski definition) is 3. The van der Waals surface area contributed by atoms with Crippen molar-refractivity contribution in [3.05, 3.63) is 0 Å². The van der Waals surface area contributed by atoms with Gasteiger partial charge in [-0.05, 0) is 12.8 Å². The summed E-state index contributed by atoms with van der Waals surface area (Å²) < 4.78 is 4.85. The summed E-state index contributed by atoms with van der Waals surface area (Å²) in [5, 5.41) is 13.8. The molecule has 0 aliphatic carbocycles. The fourth-order valence-electron chi connectivity index (χ4n) is 1.21. The number of urea groups is 1. The van der Waals surface area contributed by atoms with Gasteiger partial charge in [0.2, 0.25) is 0 Å². The van der Waals surface area contributed by atoms with Crippen LogP contribution < -0.4 is 10.6 Å². The van der Waals surface area contributed by atoms with E-state index in [0.29, 0.717) is 6.61 Å². The maximum Gasteiger partial charge on any atom is 0.326 e. The monoisotopic (exact) mass is 232 g/mol. The van der Waals surface area contributed by atoms with E-state index in [1.165, 1.54) is 7.11 Å². The molecule has 94 valence electrons. The van der Waals surface area contributed by atoms with Gasteiger partial charge in [-0.15, -0.1) is 0 Å². The van der Waals surface area contributed by atoms with E-state index < -0.39 is 18.0 Å². The van der Waals surface area contributed by atoms with Gasteiger partial charge >= 0.3 is 12.0 Å². The molecular weight excluding hydrogens is 212 g/mol. The van der Waals surface area contributed by atoms with Crippen LogP contribution >= 0.6 is 0 Å². The minimum atomic E-state index is -1.04. The molecule has 0 fully saturated rings. The zero-order valence-corrected chi connectivity index (χ0v) is 10.1. The van der Waals surface area contributed by atoms with Crippen molar-refractivity contribution < 1.29 is 19.4 Å². The van der Waals surface area contributed by atoms with Gasteiger partial charge in [0.05, 0.1) is 12.6 Å². The first kappa shape index (κ1) is 14.7. The van der Waals surface area contributed by atoms with Gasteiger partial charge in [-0.2, -0.15) is 0 Å². The third kappa shape index (κ3) is 5.55. The molecule has 0 aliphatic heterocycles. The molecule has 3 N–H and O–H groups in total. The van der Waals surface area contributed by atoms with Crippen LogP contribution in [0.5, 0.6) is 0 Å². The molecule has 6 heteroatoms. The minimum absolute atomic E-state index is 0.161. The van der Waals surface area contributed by atoms with E-state index in [-0.39, 0.29) is 12.0 Å². The van der Waals surface area contributed by atoms with Crippen LogP contribution in [-0.2, 0) is 9.53 Å². The van der Waals surface area contributed by atoms with Gasteiger partial charge in [0.1, 0.15) is 6.04 Å². The fourth-order valence-corrected chi connectivity index (χ4v) is 1.21. The smallest absolute Gasteiger partial charge is 0.326 e. The number of rotatable bonds is 6. The lowest BCUT2D eigenvalue weighted by Gasteiger charge is -2.20. The number of methoxy groups -OCH3 is 1. The third-order valence-electron chi connectivity index (χ3n) is 2.01. The average Bonchev–Trinajstić information content (AvgIpc) is 2.13. The second kappa shape index (κ2) is 7.05. The number of nitrogens with one attached hydrogen (secondary N) is 2. The van der Waals surface area contributed by atoms with E-state index >= 15 is 0 Å². The molecule has 0 aromatic heterocycles. The second-order valence-corrected chi connectivity index (χ2v) is 4.03. The Bertz CT molecular complexity index is 243. The molecule has 0 bridgehead atoms. The summed E-state index contributed by atoms with van der Waals surface area (Å²) in [5.41, 5.74) is 0.